The standard InChI is InChI=1S/C18H19N5OS/c1-12-9-10-15(19-11-12)20-18(25)21-16-13(2)22(3)23(17(16)24)14-7-5-4-6-8-14/h4-11H,1-3H3,(H2,19,20,21,25). The molecule has 25 heavy (non-hydrogen) atoms. The average Bonchev–Trinajstić information content (AvgIpc) is 2.81. The fourth-order valence-electron chi connectivity index (χ4n) is 2.52. The topological polar surface area (TPSA) is 63.9 Å². The van der Waals surface area contributed by atoms with Crippen LogP contribution in [0.3, 0.4) is 0 Å². The highest BCUT2D eigenvalue weighted by Gasteiger charge is 2.17. The van der Waals surface area contributed by atoms with Crippen molar-refractivity contribution in [3.63, 3.8) is 0 Å². The third-order valence-corrected chi connectivity index (χ3v) is 4.15. The highest BCUT2D eigenvalue weighted by atomic mass is 32.1. The molecule has 3 aromatic rings. The lowest BCUT2D eigenvalue weighted by molar-refractivity contribution is 0.630. The Morgan fingerprint density at radius 2 is 1.80 bits per heavy atom. The van der Waals surface area contributed by atoms with Crippen molar-refractivity contribution >= 4 is 28.8 Å². The van der Waals surface area contributed by atoms with Crippen LogP contribution in [0.4, 0.5) is 11.5 Å². The summed E-state index contributed by atoms with van der Waals surface area (Å²) in [4.78, 5) is 17.1. The van der Waals surface area contributed by atoms with Gasteiger partial charge in [0.1, 0.15) is 11.5 Å². The number of para-hydroxylation sites is 1. The molecule has 0 aliphatic carbocycles. The van der Waals surface area contributed by atoms with Crippen molar-refractivity contribution in [2.75, 3.05) is 10.6 Å². The minimum absolute atomic E-state index is 0.160. The lowest BCUT2D eigenvalue weighted by atomic mass is 10.3. The highest BCUT2D eigenvalue weighted by Crippen LogP contribution is 2.14. The molecule has 0 spiro atoms. The average molecular weight is 353 g/mol. The Kier molecular flexibility index (Phi) is 4.67. The molecule has 0 bridgehead atoms. The number of rotatable bonds is 3. The maximum atomic E-state index is 12.8. The van der Waals surface area contributed by atoms with E-state index in [4.69, 9.17) is 12.2 Å². The minimum Gasteiger partial charge on any atom is -0.326 e. The summed E-state index contributed by atoms with van der Waals surface area (Å²) in [5.74, 6) is 0.625. The molecule has 1 aromatic carbocycles. The minimum atomic E-state index is -0.160. The van der Waals surface area contributed by atoms with Crippen molar-refractivity contribution in [3.05, 3.63) is 70.3 Å². The van der Waals surface area contributed by atoms with Gasteiger partial charge in [0.2, 0.25) is 0 Å². The lowest BCUT2D eigenvalue weighted by Gasteiger charge is -2.09. The number of hydrogen-bond donors (Lipinski definition) is 2. The van der Waals surface area contributed by atoms with E-state index in [1.807, 2.05) is 63.4 Å². The number of nitrogens with one attached hydrogen (secondary N) is 2. The fraction of sp³-hybridized carbons (Fsp3) is 0.167. The van der Waals surface area contributed by atoms with Gasteiger partial charge in [-0.15, -0.1) is 0 Å². The van der Waals surface area contributed by atoms with E-state index in [2.05, 4.69) is 15.6 Å². The maximum absolute atomic E-state index is 12.8. The first-order valence-corrected chi connectivity index (χ1v) is 8.23. The molecule has 0 unspecified atom stereocenters. The van der Waals surface area contributed by atoms with Gasteiger partial charge in [-0.2, -0.15) is 0 Å². The van der Waals surface area contributed by atoms with Crippen LogP contribution >= 0.6 is 12.2 Å². The number of nitrogens with zero attached hydrogens (tertiary/aromatic N) is 3. The summed E-state index contributed by atoms with van der Waals surface area (Å²) in [6, 6.07) is 13.3. The molecule has 6 nitrogen and oxygen atoms in total. The van der Waals surface area contributed by atoms with Crippen molar-refractivity contribution in [3.8, 4) is 5.69 Å². The van der Waals surface area contributed by atoms with E-state index < -0.39 is 0 Å². The van der Waals surface area contributed by atoms with Gasteiger partial charge in [-0.3, -0.25) is 9.48 Å². The fourth-order valence-corrected chi connectivity index (χ4v) is 2.72. The second kappa shape index (κ2) is 6.90. The molecule has 0 amide bonds. The largest absolute Gasteiger partial charge is 0.326 e. The molecule has 2 aromatic heterocycles. The normalized spacial score (nSPS) is 10.5. The van der Waals surface area contributed by atoms with Gasteiger partial charge in [0.15, 0.2) is 5.11 Å². The predicted octanol–water partition coefficient (Wildman–Crippen LogP) is 3.00. The van der Waals surface area contributed by atoms with Gasteiger partial charge in [-0.05, 0) is 49.8 Å². The SMILES string of the molecule is Cc1ccc(NC(=S)Nc2c(C)n(C)n(-c3ccccc3)c2=O)nc1. The molecule has 0 radical (unpaired) electrons. The molecule has 128 valence electrons. The molecule has 2 N–H and O–H groups in total. The van der Waals surface area contributed by atoms with Crippen LogP contribution in [-0.4, -0.2) is 19.5 Å². The summed E-state index contributed by atoms with van der Waals surface area (Å²) in [6.45, 7) is 3.84. The Bertz CT molecular complexity index is 958. The Morgan fingerprint density at radius 1 is 1.08 bits per heavy atom. The Morgan fingerprint density at radius 3 is 2.44 bits per heavy atom. The zero-order chi connectivity index (χ0) is 18.0. The molecular formula is C18H19N5OS. The summed E-state index contributed by atoms with van der Waals surface area (Å²) >= 11 is 5.32. The Balaban J connectivity index is 1.87. The van der Waals surface area contributed by atoms with Crippen molar-refractivity contribution in [1.82, 2.24) is 14.3 Å². The van der Waals surface area contributed by atoms with E-state index in [9.17, 15) is 4.79 Å². The smallest absolute Gasteiger partial charge is 0.295 e. The van der Waals surface area contributed by atoms with Crippen LogP contribution in [0.2, 0.25) is 0 Å². The van der Waals surface area contributed by atoms with E-state index in [-0.39, 0.29) is 5.56 Å². The van der Waals surface area contributed by atoms with E-state index in [1.165, 1.54) is 0 Å². The van der Waals surface area contributed by atoms with Crippen LogP contribution in [0, 0.1) is 13.8 Å². The predicted molar refractivity (Wildman–Crippen MR) is 105 cm³/mol. The van der Waals surface area contributed by atoms with Crippen molar-refractivity contribution < 1.29 is 0 Å². The van der Waals surface area contributed by atoms with E-state index in [1.54, 1.807) is 15.6 Å². The molecule has 0 fully saturated rings. The van der Waals surface area contributed by atoms with Gasteiger partial charge < -0.3 is 10.6 Å². The molecule has 7 heteroatoms. The third-order valence-electron chi connectivity index (χ3n) is 3.95. The van der Waals surface area contributed by atoms with Gasteiger partial charge in [0.05, 0.1) is 11.4 Å². The number of pyridine rings is 1. The molecule has 0 saturated heterocycles. The second-order valence-electron chi connectivity index (χ2n) is 5.74. The lowest BCUT2D eigenvalue weighted by Crippen LogP contribution is -2.25. The van der Waals surface area contributed by atoms with E-state index >= 15 is 0 Å². The monoisotopic (exact) mass is 353 g/mol. The van der Waals surface area contributed by atoms with Gasteiger partial charge >= 0.3 is 0 Å². The molecule has 3 rings (SSSR count). The van der Waals surface area contributed by atoms with Crippen LogP contribution in [0.15, 0.2) is 53.5 Å². The first-order valence-electron chi connectivity index (χ1n) is 7.82. The van der Waals surface area contributed by atoms with E-state index in [0.717, 1.165) is 16.9 Å². The van der Waals surface area contributed by atoms with Crippen molar-refractivity contribution in [1.29, 1.82) is 0 Å². The van der Waals surface area contributed by atoms with E-state index in [0.29, 0.717) is 16.6 Å². The summed E-state index contributed by atoms with van der Waals surface area (Å²) in [5.41, 5.74) is 2.93. The zero-order valence-electron chi connectivity index (χ0n) is 14.3. The van der Waals surface area contributed by atoms with Crippen molar-refractivity contribution in [2.45, 2.75) is 13.8 Å². The summed E-state index contributed by atoms with van der Waals surface area (Å²) in [5, 5.41) is 6.31. The Labute approximate surface area is 151 Å². The first kappa shape index (κ1) is 16.9. The van der Waals surface area contributed by atoms with Gasteiger partial charge in [0, 0.05) is 13.2 Å². The van der Waals surface area contributed by atoms with Gasteiger partial charge in [0.25, 0.3) is 5.56 Å². The van der Waals surface area contributed by atoms with Gasteiger partial charge in [-0.1, -0.05) is 24.3 Å². The summed E-state index contributed by atoms with van der Waals surface area (Å²) in [7, 11) is 1.84. The zero-order valence-corrected chi connectivity index (χ0v) is 15.1. The quantitative estimate of drug-likeness (QED) is 0.709. The molecular weight excluding hydrogens is 334 g/mol. The van der Waals surface area contributed by atoms with Gasteiger partial charge in [-0.25, -0.2) is 9.67 Å². The second-order valence-corrected chi connectivity index (χ2v) is 6.14. The first-order chi connectivity index (χ1) is 12.0. The van der Waals surface area contributed by atoms with Crippen LogP contribution < -0.4 is 16.2 Å². The number of benzene rings is 1. The number of aromatic nitrogens is 3. The van der Waals surface area contributed by atoms with Crippen LogP contribution in [0.25, 0.3) is 5.69 Å². The summed E-state index contributed by atoms with van der Waals surface area (Å²) in [6.07, 6.45) is 1.75. The third kappa shape index (κ3) is 3.46. The number of aryl methyl sites for hydroxylation is 1. The number of hydrogen-bond acceptors (Lipinski definition) is 3. The van der Waals surface area contributed by atoms with Crippen LogP contribution in [0.5, 0.6) is 0 Å². The van der Waals surface area contributed by atoms with Crippen molar-refractivity contribution in [2.24, 2.45) is 7.05 Å². The number of anilines is 2. The van der Waals surface area contributed by atoms with Crippen LogP contribution in [-0.2, 0) is 7.05 Å². The van der Waals surface area contributed by atoms with Crippen LogP contribution in [0.1, 0.15) is 11.3 Å². The molecule has 0 saturated carbocycles. The summed E-state index contributed by atoms with van der Waals surface area (Å²) < 4.78 is 3.40. The highest BCUT2D eigenvalue weighted by molar-refractivity contribution is 7.80. The maximum Gasteiger partial charge on any atom is 0.295 e. The Hall–Kier alpha value is -2.93. The number of thiocarbonyl (C=S) groups is 1. The molecule has 0 atom stereocenters. The molecule has 0 aliphatic rings. The molecule has 0 aliphatic heterocycles. The molecule has 2 heterocycles.